The third-order valence-electron chi connectivity index (χ3n) is 1.66. The maximum Gasteiger partial charge on any atom is 0.338 e. The van der Waals surface area contributed by atoms with Gasteiger partial charge in [-0.2, -0.15) is 0 Å². The summed E-state index contributed by atoms with van der Waals surface area (Å²) >= 11 is 5.32. The van der Waals surface area contributed by atoms with Crippen molar-refractivity contribution in [2.75, 3.05) is 17.8 Å². The molecule has 0 unspecified atom stereocenters. The Kier molecular flexibility index (Phi) is 4.72. The summed E-state index contributed by atoms with van der Waals surface area (Å²) < 4.78 is 4.81. The minimum absolute atomic E-state index is 0.161. The van der Waals surface area contributed by atoms with Crippen LogP contribution in [0.1, 0.15) is 17.3 Å². The van der Waals surface area contributed by atoms with Crippen LogP contribution in [0.25, 0.3) is 0 Å². The third-order valence-corrected chi connectivity index (χ3v) is 1.90. The van der Waals surface area contributed by atoms with Crippen molar-refractivity contribution >= 4 is 29.3 Å². The van der Waals surface area contributed by atoms with Crippen molar-refractivity contribution in [2.24, 2.45) is 0 Å². The normalized spacial score (nSPS) is 9.62. The number of amides is 1. The average molecular weight is 243 g/mol. The molecule has 0 saturated heterocycles. The summed E-state index contributed by atoms with van der Waals surface area (Å²) in [5.41, 5.74) is 0.335. The highest BCUT2D eigenvalue weighted by atomic mass is 35.5. The molecular formula is C10H11ClN2O3. The van der Waals surface area contributed by atoms with Gasteiger partial charge in [0.25, 0.3) is 0 Å². The van der Waals surface area contributed by atoms with E-state index in [0.29, 0.717) is 12.2 Å². The topological polar surface area (TPSA) is 68.3 Å². The highest BCUT2D eigenvalue weighted by Gasteiger charge is 2.08. The molecule has 0 spiro atoms. The van der Waals surface area contributed by atoms with Crippen molar-refractivity contribution in [3.05, 3.63) is 23.9 Å². The van der Waals surface area contributed by atoms with Gasteiger partial charge in [-0.25, -0.2) is 9.78 Å². The molecule has 5 nitrogen and oxygen atoms in total. The second-order valence-electron chi connectivity index (χ2n) is 2.83. The average Bonchev–Trinajstić information content (AvgIpc) is 2.29. The molecule has 0 aliphatic rings. The van der Waals surface area contributed by atoms with Gasteiger partial charge in [-0.1, -0.05) is 0 Å². The summed E-state index contributed by atoms with van der Waals surface area (Å²) in [5, 5.41) is 2.44. The summed E-state index contributed by atoms with van der Waals surface area (Å²) in [4.78, 5) is 26.2. The molecule has 0 aliphatic carbocycles. The Morgan fingerprint density at radius 3 is 2.94 bits per heavy atom. The highest BCUT2D eigenvalue weighted by Crippen LogP contribution is 2.08. The van der Waals surface area contributed by atoms with Crippen LogP contribution < -0.4 is 5.32 Å². The molecule has 16 heavy (non-hydrogen) atoms. The van der Waals surface area contributed by atoms with Crippen LogP contribution in [0, 0.1) is 0 Å². The lowest BCUT2D eigenvalue weighted by Gasteiger charge is -2.04. The van der Waals surface area contributed by atoms with Crippen LogP contribution in [0.15, 0.2) is 18.3 Å². The number of alkyl halides is 1. The first kappa shape index (κ1) is 12.4. The van der Waals surface area contributed by atoms with E-state index < -0.39 is 5.97 Å². The second-order valence-corrected chi connectivity index (χ2v) is 3.10. The Bertz CT molecular complexity index is 395. The predicted octanol–water partition coefficient (Wildman–Crippen LogP) is 1.44. The number of anilines is 1. The van der Waals surface area contributed by atoms with E-state index >= 15 is 0 Å². The smallest absolute Gasteiger partial charge is 0.338 e. The number of hydrogen-bond donors (Lipinski definition) is 1. The van der Waals surface area contributed by atoms with E-state index in [9.17, 15) is 9.59 Å². The van der Waals surface area contributed by atoms with E-state index in [0.717, 1.165) is 0 Å². The first-order valence-electron chi connectivity index (χ1n) is 4.66. The summed E-state index contributed by atoms with van der Waals surface area (Å²) in [5.74, 6) is -0.719. The van der Waals surface area contributed by atoms with Gasteiger partial charge in [-0.15, -0.1) is 11.6 Å². The zero-order valence-corrected chi connectivity index (χ0v) is 9.45. The number of rotatable bonds is 4. The number of halogens is 1. The quantitative estimate of drug-likeness (QED) is 0.641. The van der Waals surface area contributed by atoms with E-state index in [4.69, 9.17) is 16.3 Å². The molecule has 1 rings (SSSR count). The SMILES string of the molecule is CCOC(=O)c1ccnc(NC(=O)CCl)c1. The van der Waals surface area contributed by atoms with Crippen LogP contribution in [-0.4, -0.2) is 29.3 Å². The number of pyridine rings is 1. The lowest BCUT2D eigenvalue weighted by atomic mass is 10.2. The fourth-order valence-corrected chi connectivity index (χ4v) is 1.08. The molecular weight excluding hydrogens is 232 g/mol. The van der Waals surface area contributed by atoms with Gasteiger partial charge in [-0.3, -0.25) is 4.79 Å². The number of nitrogens with one attached hydrogen (secondary N) is 1. The van der Waals surface area contributed by atoms with Gasteiger partial charge in [0.1, 0.15) is 11.7 Å². The van der Waals surface area contributed by atoms with Gasteiger partial charge in [0, 0.05) is 6.20 Å². The number of esters is 1. The molecule has 1 amide bonds. The zero-order chi connectivity index (χ0) is 12.0. The van der Waals surface area contributed by atoms with Gasteiger partial charge in [0.2, 0.25) is 5.91 Å². The van der Waals surface area contributed by atoms with E-state index in [2.05, 4.69) is 10.3 Å². The summed E-state index contributed by atoms with van der Waals surface area (Å²) in [6.45, 7) is 2.01. The second kappa shape index (κ2) is 6.07. The van der Waals surface area contributed by atoms with Crippen LogP contribution in [0.5, 0.6) is 0 Å². The maximum atomic E-state index is 11.4. The number of nitrogens with zero attached hydrogens (tertiary/aromatic N) is 1. The van der Waals surface area contributed by atoms with Crippen molar-refractivity contribution in [3.8, 4) is 0 Å². The molecule has 1 heterocycles. The lowest BCUT2D eigenvalue weighted by molar-refractivity contribution is -0.113. The molecule has 86 valence electrons. The van der Waals surface area contributed by atoms with Gasteiger partial charge < -0.3 is 10.1 Å². The Balaban J connectivity index is 2.78. The molecule has 0 atom stereocenters. The van der Waals surface area contributed by atoms with Crippen molar-refractivity contribution < 1.29 is 14.3 Å². The van der Waals surface area contributed by atoms with Gasteiger partial charge in [-0.05, 0) is 19.1 Å². The van der Waals surface area contributed by atoms with E-state index in [1.54, 1.807) is 6.92 Å². The number of carbonyl (C=O) groups excluding carboxylic acids is 2. The van der Waals surface area contributed by atoms with E-state index in [1.165, 1.54) is 18.3 Å². The first-order valence-corrected chi connectivity index (χ1v) is 5.19. The van der Waals surface area contributed by atoms with Gasteiger partial charge in [0.05, 0.1) is 12.2 Å². The monoisotopic (exact) mass is 242 g/mol. The highest BCUT2D eigenvalue weighted by molar-refractivity contribution is 6.29. The minimum atomic E-state index is -0.453. The van der Waals surface area contributed by atoms with Gasteiger partial charge in [0.15, 0.2) is 0 Å². The molecule has 0 fully saturated rings. The molecule has 0 saturated carbocycles. The lowest BCUT2D eigenvalue weighted by Crippen LogP contribution is -2.14. The Labute approximate surface area is 97.8 Å². The van der Waals surface area contributed by atoms with E-state index in [-0.39, 0.29) is 17.6 Å². The Hall–Kier alpha value is -1.62. The third kappa shape index (κ3) is 3.51. The molecule has 1 aromatic rings. The molecule has 0 bridgehead atoms. The molecule has 0 aromatic carbocycles. The largest absolute Gasteiger partial charge is 0.462 e. The van der Waals surface area contributed by atoms with Crippen molar-refractivity contribution in [2.45, 2.75) is 6.92 Å². The Morgan fingerprint density at radius 1 is 1.56 bits per heavy atom. The fourth-order valence-electron chi connectivity index (χ4n) is 1.02. The van der Waals surface area contributed by atoms with Crippen molar-refractivity contribution in [3.63, 3.8) is 0 Å². The van der Waals surface area contributed by atoms with Crippen molar-refractivity contribution in [1.82, 2.24) is 4.98 Å². The minimum Gasteiger partial charge on any atom is -0.462 e. The summed E-state index contributed by atoms with van der Waals surface area (Å²) in [6.07, 6.45) is 1.41. The van der Waals surface area contributed by atoms with Crippen LogP contribution in [0.2, 0.25) is 0 Å². The van der Waals surface area contributed by atoms with Crippen LogP contribution in [0.4, 0.5) is 5.82 Å². The first-order chi connectivity index (χ1) is 7.67. The zero-order valence-electron chi connectivity index (χ0n) is 8.70. The molecule has 0 aliphatic heterocycles. The molecule has 0 radical (unpaired) electrons. The fraction of sp³-hybridized carbons (Fsp3) is 0.300. The summed E-state index contributed by atoms with van der Waals surface area (Å²) in [7, 11) is 0. The molecule has 1 N–H and O–H groups in total. The van der Waals surface area contributed by atoms with Gasteiger partial charge >= 0.3 is 5.97 Å². The standard InChI is InChI=1S/C10H11ClN2O3/c1-2-16-10(15)7-3-4-12-8(5-7)13-9(14)6-11/h3-5H,2,6H2,1H3,(H,12,13,14). The summed E-state index contributed by atoms with van der Waals surface area (Å²) in [6, 6.07) is 2.94. The number of carbonyl (C=O) groups is 2. The predicted molar refractivity (Wildman–Crippen MR) is 59.5 cm³/mol. The number of aromatic nitrogens is 1. The molecule has 6 heteroatoms. The molecule has 1 aromatic heterocycles. The van der Waals surface area contributed by atoms with Crippen molar-refractivity contribution in [1.29, 1.82) is 0 Å². The number of hydrogen-bond acceptors (Lipinski definition) is 4. The van der Waals surface area contributed by atoms with Crippen LogP contribution in [0.3, 0.4) is 0 Å². The van der Waals surface area contributed by atoms with Crippen LogP contribution in [-0.2, 0) is 9.53 Å². The maximum absolute atomic E-state index is 11.4. The van der Waals surface area contributed by atoms with Crippen LogP contribution >= 0.6 is 11.6 Å². The number of ether oxygens (including phenoxy) is 1. The Morgan fingerprint density at radius 2 is 2.31 bits per heavy atom. The van der Waals surface area contributed by atoms with E-state index in [1.807, 2.05) is 0 Å².